The van der Waals surface area contributed by atoms with Crippen molar-refractivity contribution in [1.29, 1.82) is 5.26 Å². The van der Waals surface area contributed by atoms with E-state index in [0.29, 0.717) is 29.0 Å². The number of pyridine rings is 1. The summed E-state index contributed by atoms with van der Waals surface area (Å²) in [6.45, 7) is 4.02. The second kappa shape index (κ2) is 9.84. The van der Waals surface area contributed by atoms with Gasteiger partial charge in [-0.1, -0.05) is 42.5 Å². The maximum Gasteiger partial charge on any atom is 0.337 e. The third-order valence-electron chi connectivity index (χ3n) is 5.77. The van der Waals surface area contributed by atoms with E-state index in [-0.39, 0.29) is 22.2 Å². The second-order valence-electron chi connectivity index (χ2n) is 7.92. The summed E-state index contributed by atoms with van der Waals surface area (Å²) in [6.07, 6.45) is -0.895. The van der Waals surface area contributed by atoms with E-state index in [0.717, 1.165) is 16.9 Å². The zero-order valence-electron chi connectivity index (χ0n) is 19.6. The molecule has 1 heterocycles. The van der Waals surface area contributed by atoms with Crippen LogP contribution in [0, 0.1) is 11.3 Å². The Hall–Kier alpha value is -4.41. The average Bonchev–Trinajstić information content (AvgIpc) is 2.87. The zero-order valence-corrected chi connectivity index (χ0v) is 19.6. The minimum atomic E-state index is -1.25. The number of benzene rings is 3. The van der Waals surface area contributed by atoms with Crippen molar-refractivity contribution in [3.05, 3.63) is 77.4 Å². The van der Waals surface area contributed by atoms with Crippen molar-refractivity contribution in [2.75, 3.05) is 13.7 Å². The molecule has 1 aromatic heterocycles. The molecule has 4 rings (SSSR count). The Morgan fingerprint density at radius 1 is 1.09 bits per heavy atom. The van der Waals surface area contributed by atoms with E-state index >= 15 is 0 Å². The number of aromatic carboxylic acids is 1. The molecule has 2 N–H and O–H groups in total. The highest BCUT2D eigenvalue weighted by Gasteiger charge is 2.24. The number of methoxy groups -OCH3 is 1. The molecule has 35 heavy (non-hydrogen) atoms. The Bertz CT molecular complexity index is 1450. The Balaban J connectivity index is 1.92. The van der Waals surface area contributed by atoms with Crippen LogP contribution in [0.5, 0.6) is 11.5 Å². The molecular weight excluding hydrogens is 444 g/mol. The maximum absolute atomic E-state index is 12.3. The van der Waals surface area contributed by atoms with E-state index < -0.39 is 12.1 Å². The van der Waals surface area contributed by atoms with Crippen molar-refractivity contribution in [2.45, 2.75) is 20.0 Å². The maximum atomic E-state index is 12.3. The number of ether oxygens (including phenoxy) is 2. The quantitative estimate of drug-likeness (QED) is 0.363. The van der Waals surface area contributed by atoms with Crippen molar-refractivity contribution in [1.82, 2.24) is 4.98 Å². The fourth-order valence-corrected chi connectivity index (χ4v) is 4.15. The number of hydrogen-bond donors (Lipinski definition) is 2. The lowest BCUT2D eigenvalue weighted by Gasteiger charge is -2.16. The summed E-state index contributed by atoms with van der Waals surface area (Å²) in [5.41, 5.74) is 3.25. The fourth-order valence-electron chi connectivity index (χ4n) is 4.15. The molecule has 3 aromatic carbocycles. The molecule has 0 spiro atoms. The normalized spacial score (nSPS) is 11.6. The molecule has 0 radical (unpaired) electrons. The molecule has 7 heteroatoms. The minimum absolute atomic E-state index is 0.0471. The first-order valence-corrected chi connectivity index (χ1v) is 11.1. The van der Waals surface area contributed by atoms with E-state index in [1.165, 1.54) is 13.2 Å². The largest absolute Gasteiger partial charge is 0.496 e. The molecule has 0 aliphatic carbocycles. The first-order chi connectivity index (χ1) is 16.9. The molecule has 0 aliphatic heterocycles. The molecule has 0 fully saturated rings. The van der Waals surface area contributed by atoms with E-state index in [9.17, 15) is 20.3 Å². The van der Waals surface area contributed by atoms with Gasteiger partial charge in [0.05, 0.1) is 42.2 Å². The monoisotopic (exact) mass is 468 g/mol. The molecule has 0 saturated heterocycles. The van der Waals surface area contributed by atoms with Crippen molar-refractivity contribution in [3.8, 4) is 40.0 Å². The number of carboxylic acids is 1. The first kappa shape index (κ1) is 23.7. The van der Waals surface area contributed by atoms with Crippen LogP contribution in [0.2, 0.25) is 0 Å². The summed E-state index contributed by atoms with van der Waals surface area (Å²) < 4.78 is 11.1. The van der Waals surface area contributed by atoms with Gasteiger partial charge in [0.1, 0.15) is 17.6 Å². The van der Waals surface area contributed by atoms with Gasteiger partial charge in [-0.2, -0.15) is 5.26 Å². The lowest BCUT2D eigenvalue weighted by Crippen LogP contribution is -2.07. The summed E-state index contributed by atoms with van der Waals surface area (Å²) in [7, 11) is 1.47. The van der Waals surface area contributed by atoms with Crippen LogP contribution in [0.1, 0.15) is 41.4 Å². The summed E-state index contributed by atoms with van der Waals surface area (Å²) in [4.78, 5) is 16.9. The molecule has 0 aliphatic rings. The van der Waals surface area contributed by atoms with Crippen molar-refractivity contribution in [3.63, 3.8) is 0 Å². The van der Waals surface area contributed by atoms with Crippen molar-refractivity contribution >= 4 is 16.9 Å². The molecule has 0 saturated carbocycles. The van der Waals surface area contributed by atoms with Gasteiger partial charge in [0.15, 0.2) is 0 Å². The van der Waals surface area contributed by atoms with Crippen molar-refractivity contribution < 1.29 is 24.5 Å². The van der Waals surface area contributed by atoms with Crippen LogP contribution in [0.25, 0.3) is 33.3 Å². The molecular formula is C28H24N2O5. The number of hydrogen-bond acceptors (Lipinski definition) is 6. The van der Waals surface area contributed by atoms with E-state index in [4.69, 9.17) is 9.47 Å². The molecule has 1 atom stereocenters. The zero-order chi connectivity index (χ0) is 25.1. The molecule has 4 aromatic rings. The summed E-state index contributed by atoms with van der Waals surface area (Å²) in [5, 5.41) is 30.3. The lowest BCUT2D eigenvalue weighted by atomic mass is 9.94. The van der Waals surface area contributed by atoms with Gasteiger partial charge >= 0.3 is 5.97 Å². The van der Waals surface area contributed by atoms with E-state index in [1.807, 2.05) is 49.4 Å². The van der Waals surface area contributed by atoms with Gasteiger partial charge in [0.25, 0.3) is 0 Å². The number of carbonyl (C=O) groups is 1. The third kappa shape index (κ3) is 4.39. The number of carboxylic acid groups (broad SMARTS) is 1. The van der Waals surface area contributed by atoms with Gasteiger partial charge in [-0.25, -0.2) is 9.78 Å². The Morgan fingerprint density at radius 3 is 2.37 bits per heavy atom. The highest BCUT2D eigenvalue weighted by molar-refractivity contribution is 6.07. The predicted molar refractivity (Wildman–Crippen MR) is 133 cm³/mol. The van der Waals surface area contributed by atoms with Gasteiger partial charge < -0.3 is 19.7 Å². The number of para-hydroxylation sites is 1. The van der Waals surface area contributed by atoms with Crippen LogP contribution in [0.15, 0.2) is 60.7 Å². The van der Waals surface area contributed by atoms with Crippen LogP contribution < -0.4 is 9.47 Å². The lowest BCUT2D eigenvalue weighted by molar-refractivity contribution is 0.0698. The van der Waals surface area contributed by atoms with Crippen LogP contribution in [0.3, 0.4) is 0 Å². The highest BCUT2D eigenvalue weighted by Crippen LogP contribution is 2.37. The first-order valence-electron chi connectivity index (χ1n) is 11.1. The van der Waals surface area contributed by atoms with E-state index in [2.05, 4.69) is 4.98 Å². The molecule has 1 unspecified atom stereocenters. The molecule has 0 bridgehead atoms. The highest BCUT2D eigenvalue weighted by atomic mass is 16.5. The number of rotatable bonds is 7. The van der Waals surface area contributed by atoms with Crippen LogP contribution in [0.4, 0.5) is 0 Å². The Kier molecular flexibility index (Phi) is 6.67. The number of aliphatic hydroxyl groups is 1. The summed E-state index contributed by atoms with van der Waals surface area (Å²) in [6, 6.07) is 20.2. The fraction of sp³-hybridized carbons (Fsp3) is 0.179. The number of nitrogens with zero attached hydrogens (tertiary/aromatic N) is 2. The minimum Gasteiger partial charge on any atom is -0.496 e. The van der Waals surface area contributed by atoms with Gasteiger partial charge in [0.2, 0.25) is 0 Å². The smallest absolute Gasteiger partial charge is 0.337 e. The summed E-state index contributed by atoms with van der Waals surface area (Å²) in [5.74, 6) is -0.104. The third-order valence-corrected chi connectivity index (χ3v) is 5.77. The van der Waals surface area contributed by atoms with E-state index in [1.54, 1.807) is 25.1 Å². The Morgan fingerprint density at radius 2 is 1.77 bits per heavy atom. The van der Waals surface area contributed by atoms with Gasteiger partial charge in [-0.15, -0.1) is 0 Å². The van der Waals surface area contributed by atoms with Crippen LogP contribution >= 0.6 is 0 Å². The molecule has 0 amide bonds. The van der Waals surface area contributed by atoms with Gasteiger partial charge in [0, 0.05) is 28.1 Å². The average molecular weight is 469 g/mol. The second-order valence-corrected chi connectivity index (χ2v) is 7.92. The van der Waals surface area contributed by atoms with Crippen LogP contribution in [-0.2, 0) is 0 Å². The Labute approximate surface area is 202 Å². The van der Waals surface area contributed by atoms with Crippen LogP contribution in [-0.4, -0.2) is 34.9 Å². The molecule has 176 valence electrons. The SMILES string of the molecule is CCOc1ccccc1-c1ccc(-c2nc3cc(OC)c(C(C)O)cc3c(C(=O)O)c2C#N)cc1. The number of fused-ring (bicyclic) bond motifs is 1. The number of nitriles is 1. The number of aromatic nitrogens is 1. The standard InChI is InChI=1S/C28H24N2O5/c1-4-35-24-8-6-5-7-19(24)17-9-11-18(12-10-17)27-22(15-29)26(28(32)33)21-13-20(16(2)31)25(34-3)14-23(21)30-27/h5-14,16,31H,4H2,1-3H3,(H,32,33). The van der Waals surface area contributed by atoms with Crippen molar-refractivity contribution in [2.24, 2.45) is 0 Å². The van der Waals surface area contributed by atoms with Gasteiger partial charge in [-0.05, 0) is 31.5 Å². The molecule has 7 nitrogen and oxygen atoms in total. The topological polar surface area (TPSA) is 113 Å². The summed E-state index contributed by atoms with van der Waals surface area (Å²) >= 11 is 0. The predicted octanol–water partition coefficient (Wildman–Crippen LogP) is 5.60. The number of aliphatic hydroxyl groups excluding tert-OH is 1. The van der Waals surface area contributed by atoms with Gasteiger partial charge in [-0.3, -0.25) is 0 Å².